The van der Waals surface area contributed by atoms with E-state index in [-0.39, 0.29) is 11.7 Å². The number of hydrogen-bond donors (Lipinski definition) is 0. The molecule has 0 saturated carbocycles. The molecule has 0 N–H and O–H groups in total. The molecule has 21 heavy (non-hydrogen) atoms. The highest BCUT2D eigenvalue weighted by Gasteiger charge is 2.09. The van der Waals surface area contributed by atoms with E-state index in [4.69, 9.17) is 4.74 Å². The molecule has 2 rings (SSSR count). The highest BCUT2D eigenvalue weighted by atomic mass is 16.5. The molecule has 0 unspecified atom stereocenters. The summed E-state index contributed by atoms with van der Waals surface area (Å²) in [5.74, 6) is 0.762. The van der Waals surface area contributed by atoms with Crippen LogP contribution in [0.15, 0.2) is 47.5 Å². The molecular weight excluding hydrogens is 266 g/mol. The Morgan fingerprint density at radius 1 is 1.33 bits per heavy atom. The maximum absolute atomic E-state index is 12.2. The van der Waals surface area contributed by atoms with Crippen molar-refractivity contribution in [2.45, 2.75) is 33.2 Å². The molecule has 0 fully saturated rings. The lowest BCUT2D eigenvalue weighted by Crippen LogP contribution is -2.25. The average molecular weight is 287 g/mol. The molecule has 0 amide bonds. The minimum absolute atomic E-state index is 0.0430. The zero-order valence-electron chi connectivity index (χ0n) is 12.7. The summed E-state index contributed by atoms with van der Waals surface area (Å²) in [6, 6.07) is 7.42. The first-order chi connectivity index (χ1) is 10.0. The largest absolute Gasteiger partial charge is 0.489 e. The van der Waals surface area contributed by atoms with Gasteiger partial charge in [0, 0.05) is 0 Å². The first kappa shape index (κ1) is 15.1. The van der Waals surface area contributed by atoms with Gasteiger partial charge in [-0.2, -0.15) is 5.10 Å². The molecule has 1 heterocycles. The Hall–Kier alpha value is -2.30. The van der Waals surface area contributed by atoms with E-state index in [1.54, 1.807) is 0 Å². The molecule has 1 aromatic carbocycles. The molecule has 0 aliphatic heterocycles. The predicted octanol–water partition coefficient (Wildman–Crippen LogP) is 2.96. The van der Waals surface area contributed by atoms with Crippen LogP contribution in [0.2, 0.25) is 0 Å². The lowest BCUT2D eigenvalue weighted by Gasteiger charge is -2.08. The fourth-order valence-electron chi connectivity index (χ4n) is 1.84. The van der Waals surface area contributed by atoms with Crippen LogP contribution in [-0.4, -0.2) is 21.0 Å². The molecule has 5 heteroatoms. The van der Waals surface area contributed by atoms with Gasteiger partial charge >= 0.3 is 5.69 Å². The van der Waals surface area contributed by atoms with E-state index in [0.29, 0.717) is 6.61 Å². The summed E-state index contributed by atoms with van der Waals surface area (Å²) in [7, 11) is 0. The number of rotatable bonds is 6. The second-order valence-corrected chi connectivity index (χ2v) is 5.21. The van der Waals surface area contributed by atoms with Crippen molar-refractivity contribution < 1.29 is 4.74 Å². The molecule has 1 aromatic heterocycles. The molecule has 0 spiro atoms. The molecule has 2 aromatic rings. The summed E-state index contributed by atoms with van der Waals surface area (Å²) in [6.07, 6.45) is 2.44. The third-order valence-corrected chi connectivity index (χ3v) is 3.24. The van der Waals surface area contributed by atoms with E-state index in [0.717, 1.165) is 23.4 Å². The summed E-state index contributed by atoms with van der Waals surface area (Å²) in [5.41, 5.74) is 1.68. The van der Waals surface area contributed by atoms with Gasteiger partial charge in [-0.3, -0.25) is 0 Å². The van der Waals surface area contributed by atoms with Crippen LogP contribution in [-0.2, 0) is 0 Å². The molecule has 0 atom stereocenters. The SMILES string of the molecule is C=C(CC)COc1ccc(-n2cnn(C(C)C)c2=O)cc1. The van der Waals surface area contributed by atoms with E-state index in [1.165, 1.54) is 15.6 Å². The summed E-state index contributed by atoms with van der Waals surface area (Å²) in [4.78, 5) is 12.2. The Balaban J connectivity index is 2.16. The summed E-state index contributed by atoms with van der Waals surface area (Å²) < 4.78 is 8.59. The van der Waals surface area contributed by atoms with Crippen LogP contribution in [0.25, 0.3) is 5.69 Å². The summed E-state index contributed by atoms with van der Waals surface area (Å²) in [5, 5.41) is 4.11. The van der Waals surface area contributed by atoms with Crippen molar-refractivity contribution in [2.24, 2.45) is 0 Å². The zero-order valence-corrected chi connectivity index (χ0v) is 12.7. The number of ether oxygens (including phenoxy) is 1. The monoisotopic (exact) mass is 287 g/mol. The second kappa shape index (κ2) is 6.43. The average Bonchev–Trinajstić information content (AvgIpc) is 2.87. The molecule has 0 saturated heterocycles. The first-order valence-electron chi connectivity index (χ1n) is 7.09. The molecule has 0 aliphatic rings. The maximum atomic E-state index is 12.2. The van der Waals surface area contributed by atoms with Gasteiger partial charge in [-0.05, 0) is 50.1 Å². The van der Waals surface area contributed by atoms with Gasteiger partial charge in [0.1, 0.15) is 18.7 Å². The quantitative estimate of drug-likeness (QED) is 0.767. The van der Waals surface area contributed by atoms with Gasteiger partial charge < -0.3 is 4.74 Å². The third kappa shape index (κ3) is 3.42. The minimum Gasteiger partial charge on any atom is -0.489 e. The Morgan fingerprint density at radius 2 is 2.00 bits per heavy atom. The van der Waals surface area contributed by atoms with Gasteiger partial charge in [0.15, 0.2) is 0 Å². The summed E-state index contributed by atoms with van der Waals surface area (Å²) in [6.45, 7) is 10.3. The van der Waals surface area contributed by atoms with Crippen molar-refractivity contribution in [3.8, 4) is 11.4 Å². The fraction of sp³-hybridized carbons (Fsp3) is 0.375. The van der Waals surface area contributed by atoms with Crippen LogP contribution in [0.3, 0.4) is 0 Å². The predicted molar refractivity (Wildman–Crippen MR) is 83.1 cm³/mol. The van der Waals surface area contributed by atoms with Gasteiger partial charge in [-0.1, -0.05) is 13.5 Å². The third-order valence-electron chi connectivity index (χ3n) is 3.24. The number of benzene rings is 1. The Bertz CT molecular complexity index is 666. The molecule has 0 bridgehead atoms. The molecule has 5 nitrogen and oxygen atoms in total. The Morgan fingerprint density at radius 3 is 2.52 bits per heavy atom. The molecule has 112 valence electrons. The van der Waals surface area contributed by atoms with Crippen molar-refractivity contribution in [3.05, 3.63) is 53.2 Å². The van der Waals surface area contributed by atoms with E-state index in [2.05, 4.69) is 11.7 Å². The van der Waals surface area contributed by atoms with Crippen LogP contribution in [0.4, 0.5) is 0 Å². The number of nitrogens with zero attached hydrogens (tertiary/aromatic N) is 3. The molecule has 0 aliphatic carbocycles. The topological polar surface area (TPSA) is 49.0 Å². The Kier molecular flexibility index (Phi) is 4.62. The van der Waals surface area contributed by atoms with E-state index >= 15 is 0 Å². The maximum Gasteiger partial charge on any atom is 0.350 e. The number of hydrogen-bond acceptors (Lipinski definition) is 3. The fourth-order valence-corrected chi connectivity index (χ4v) is 1.84. The van der Waals surface area contributed by atoms with Gasteiger partial charge in [-0.15, -0.1) is 0 Å². The van der Waals surface area contributed by atoms with Crippen LogP contribution >= 0.6 is 0 Å². The van der Waals surface area contributed by atoms with Crippen molar-refractivity contribution >= 4 is 0 Å². The van der Waals surface area contributed by atoms with E-state index in [1.807, 2.05) is 45.0 Å². The standard InChI is InChI=1S/C16H21N3O2/c1-5-13(4)10-21-15-8-6-14(7-9-15)18-11-17-19(12(2)3)16(18)20/h6-9,11-12H,4-5,10H2,1-3H3. The van der Waals surface area contributed by atoms with Crippen LogP contribution in [0.5, 0.6) is 5.75 Å². The zero-order chi connectivity index (χ0) is 15.4. The highest BCUT2D eigenvalue weighted by Crippen LogP contribution is 2.15. The lowest BCUT2D eigenvalue weighted by atomic mass is 10.2. The highest BCUT2D eigenvalue weighted by molar-refractivity contribution is 5.37. The van der Waals surface area contributed by atoms with Gasteiger partial charge in [0.25, 0.3) is 0 Å². The van der Waals surface area contributed by atoms with Gasteiger partial charge in [-0.25, -0.2) is 14.0 Å². The molecule has 0 radical (unpaired) electrons. The Labute approximate surface area is 124 Å². The van der Waals surface area contributed by atoms with Crippen molar-refractivity contribution in [1.82, 2.24) is 14.3 Å². The van der Waals surface area contributed by atoms with Crippen molar-refractivity contribution in [2.75, 3.05) is 6.61 Å². The van der Waals surface area contributed by atoms with Crippen LogP contribution < -0.4 is 10.4 Å². The van der Waals surface area contributed by atoms with E-state index < -0.39 is 0 Å². The second-order valence-electron chi connectivity index (χ2n) is 5.21. The normalized spacial score (nSPS) is 10.9. The van der Waals surface area contributed by atoms with Crippen LogP contribution in [0, 0.1) is 0 Å². The first-order valence-corrected chi connectivity index (χ1v) is 7.09. The number of aromatic nitrogens is 3. The van der Waals surface area contributed by atoms with Crippen molar-refractivity contribution in [3.63, 3.8) is 0 Å². The van der Waals surface area contributed by atoms with E-state index in [9.17, 15) is 4.79 Å². The van der Waals surface area contributed by atoms with Gasteiger partial charge in [0.05, 0.1) is 11.7 Å². The van der Waals surface area contributed by atoms with Crippen molar-refractivity contribution in [1.29, 1.82) is 0 Å². The van der Waals surface area contributed by atoms with Crippen LogP contribution in [0.1, 0.15) is 33.2 Å². The van der Waals surface area contributed by atoms with Gasteiger partial charge in [0.2, 0.25) is 0 Å². The summed E-state index contributed by atoms with van der Waals surface area (Å²) >= 11 is 0. The smallest absolute Gasteiger partial charge is 0.350 e. The minimum atomic E-state index is -0.141. The lowest BCUT2D eigenvalue weighted by molar-refractivity contribution is 0.349. The molecular formula is C16H21N3O2.